The van der Waals surface area contributed by atoms with E-state index in [1.807, 2.05) is 13.0 Å². The predicted molar refractivity (Wildman–Crippen MR) is 54.4 cm³/mol. The number of rotatable bonds is 3. The van der Waals surface area contributed by atoms with Gasteiger partial charge in [0.2, 0.25) is 0 Å². The highest BCUT2D eigenvalue weighted by molar-refractivity contribution is 5.88. The summed E-state index contributed by atoms with van der Waals surface area (Å²) in [6, 6.07) is 4.21. The van der Waals surface area contributed by atoms with Crippen LogP contribution in [0.5, 0.6) is 5.75 Å². The van der Waals surface area contributed by atoms with Gasteiger partial charge in [-0.3, -0.25) is 0 Å². The zero-order chi connectivity index (χ0) is 10.6. The van der Waals surface area contributed by atoms with Crippen LogP contribution in [0.25, 0.3) is 6.08 Å². The van der Waals surface area contributed by atoms with Gasteiger partial charge in [-0.05, 0) is 24.6 Å². The average molecular weight is 192 g/mol. The molecule has 0 spiro atoms. The molecule has 0 aliphatic carbocycles. The Balaban J connectivity index is 3.08. The van der Waals surface area contributed by atoms with Crippen molar-refractivity contribution in [1.29, 1.82) is 0 Å². The molecule has 3 heteroatoms. The smallest absolute Gasteiger partial charge is 0.335 e. The van der Waals surface area contributed by atoms with Crippen LogP contribution in [0.4, 0.5) is 0 Å². The molecule has 0 bridgehead atoms. The largest absolute Gasteiger partial charge is 0.507 e. The topological polar surface area (TPSA) is 57.5 Å². The summed E-state index contributed by atoms with van der Waals surface area (Å²) in [4.78, 5) is 10.6. The Morgan fingerprint density at radius 3 is 2.79 bits per heavy atom. The average Bonchev–Trinajstić information content (AvgIpc) is 2.16. The first-order valence-corrected chi connectivity index (χ1v) is 4.38. The van der Waals surface area contributed by atoms with Crippen LogP contribution in [0.15, 0.2) is 24.3 Å². The van der Waals surface area contributed by atoms with E-state index in [-0.39, 0.29) is 11.3 Å². The summed E-state index contributed by atoms with van der Waals surface area (Å²) >= 11 is 0. The van der Waals surface area contributed by atoms with Crippen LogP contribution in [0.3, 0.4) is 0 Å². The van der Waals surface area contributed by atoms with Crippen molar-refractivity contribution in [3.63, 3.8) is 0 Å². The second kappa shape index (κ2) is 4.46. The lowest BCUT2D eigenvalue weighted by atomic mass is 10.1. The van der Waals surface area contributed by atoms with Crippen molar-refractivity contribution in [3.8, 4) is 5.75 Å². The molecule has 0 amide bonds. The SMILES string of the molecule is CC/C=C/c1cc(C(=O)O)ccc1O. The Labute approximate surface area is 82.3 Å². The number of carboxylic acid groups (broad SMARTS) is 1. The van der Waals surface area contributed by atoms with E-state index in [1.165, 1.54) is 18.2 Å². The maximum Gasteiger partial charge on any atom is 0.335 e. The number of hydrogen-bond donors (Lipinski definition) is 2. The number of carbonyl (C=O) groups is 1. The lowest BCUT2D eigenvalue weighted by molar-refractivity contribution is 0.0697. The van der Waals surface area contributed by atoms with E-state index in [0.29, 0.717) is 5.56 Å². The molecule has 1 rings (SSSR count). The van der Waals surface area contributed by atoms with Gasteiger partial charge in [-0.25, -0.2) is 4.79 Å². The van der Waals surface area contributed by atoms with Crippen LogP contribution in [0, 0.1) is 0 Å². The standard InChI is InChI=1S/C11H12O3/c1-2-3-4-8-7-9(11(13)14)5-6-10(8)12/h3-7,12H,2H2,1H3,(H,13,14)/b4-3+. The van der Waals surface area contributed by atoms with Crippen molar-refractivity contribution in [2.24, 2.45) is 0 Å². The third kappa shape index (κ3) is 2.36. The first-order chi connectivity index (χ1) is 6.65. The fourth-order valence-electron chi connectivity index (χ4n) is 1.07. The van der Waals surface area contributed by atoms with Crippen molar-refractivity contribution >= 4 is 12.0 Å². The first-order valence-electron chi connectivity index (χ1n) is 4.38. The van der Waals surface area contributed by atoms with Gasteiger partial charge in [0.15, 0.2) is 0 Å². The molecule has 0 aliphatic rings. The maximum absolute atomic E-state index is 10.6. The number of benzene rings is 1. The first kappa shape index (κ1) is 10.3. The van der Waals surface area contributed by atoms with Gasteiger partial charge in [0, 0.05) is 5.56 Å². The van der Waals surface area contributed by atoms with Crippen molar-refractivity contribution in [2.45, 2.75) is 13.3 Å². The summed E-state index contributed by atoms with van der Waals surface area (Å²) in [5.74, 6) is -0.893. The minimum Gasteiger partial charge on any atom is -0.507 e. The molecule has 74 valence electrons. The van der Waals surface area contributed by atoms with Crippen molar-refractivity contribution in [3.05, 3.63) is 35.4 Å². The van der Waals surface area contributed by atoms with Gasteiger partial charge in [-0.1, -0.05) is 19.1 Å². The lowest BCUT2D eigenvalue weighted by Gasteiger charge is -2.00. The Kier molecular flexibility index (Phi) is 3.29. The molecule has 2 N–H and O–H groups in total. The second-order valence-corrected chi connectivity index (χ2v) is 2.89. The molecule has 14 heavy (non-hydrogen) atoms. The van der Waals surface area contributed by atoms with E-state index < -0.39 is 5.97 Å². The van der Waals surface area contributed by atoms with E-state index in [0.717, 1.165) is 6.42 Å². The third-order valence-corrected chi connectivity index (χ3v) is 1.81. The highest BCUT2D eigenvalue weighted by Crippen LogP contribution is 2.20. The van der Waals surface area contributed by atoms with Crippen molar-refractivity contribution < 1.29 is 15.0 Å². The molecule has 0 unspecified atom stereocenters. The molecule has 3 nitrogen and oxygen atoms in total. The minimum atomic E-state index is -0.990. The second-order valence-electron chi connectivity index (χ2n) is 2.89. The van der Waals surface area contributed by atoms with Crippen LogP contribution in [0.2, 0.25) is 0 Å². The lowest BCUT2D eigenvalue weighted by Crippen LogP contribution is -1.95. The molecule has 0 heterocycles. The van der Waals surface area contributed by atoms with Crippen LogP contribution >= 0.6 is 0 Å². The molecular formula is C11H12O3. The van der Waals surface area contributed by atoms with E-state index in [9.17, 15) is 9.90 Å². The zero-order valence-electron chi connectivity index (χ0n) is 7.90. The minimum absolute atomic E-state index is 0.0969. The molecule has 0 saturated heterocycles. The molecule has 1 aromatic carbocycles. The summed E-state index contributed by atoms with van der Waals surface area (Å²) in [5.41, 5.74) is 0.713. The van der Waals surface area contributed by atoms with Gasteiger partial charge in [0.05, 0.1) is 5.56 Å². The van der Waals surface area contributed by atoms with Crippen LogP contribution < -0.4 is 0 Å². The maximum atomic E-state index is 10.6. The quantitative estimate of drug-likeness (QED) is 0.773. The molecule has 0 aromatic heterocycles. The number of phenols is 1. The highest BCUT2D eigenvalue weighted by Gasteiger charge is 2.05. The van der Waals surface area contributed by atoms with E-state index >= 15 is 0 Å². The van der Waals surface area contributed by atoms with Gasteiger partial charge in [-0.2, -0.15) is 0 Å². The number of phenolic OH excluding ortho intramolecular Hbond substituents is 1. The molecule has 0 saturated carbocycles. The molecule has 0 fully saturated rings. The number of carboxylic acids is 1. The summed E-state index contributed by atoms with van der Waals surface area (Å²) in [6.45, 7) is 1.97. The highest BCUT2D eigenvalue weighted by atomic mass is 16.4. The number of aromatic hydroxyl groups is 1. The molecule has 0 atom stereocenters. The number of hydrogen-bond acceptors (Lipinski definition) is 2. The fraction of sp³-hybridized carbons (Fsp3) is 0.182. The normalized spacial score (nSPS) is 10.6. The summed E-state index contributed by atoms with van der Waals surface area (Å²) in [6.07, 6.45) is 4.42. The zero-order valence-corrected chi connectivity index (χ0v) is 7.90. The number of aromatic carboxylic acids is 1. The molecular weight excluding hydrogens is 180 g/mol. The third-order valence-electron chi connectivity index (χ3n) is 1.81. The van der Waals surface area contributed by atoms with Crippen LogP contribution in [-0.2, 0) is 0 Å². The van der Waals surface area contributed by atoms with Crippen LogP contribution in [-0.4, -0.2) is 16.2 Å². The van der Waals surface area contributed by atoms with E-state index in [1.54, 1.807) is 6.08 Å². The van der Waals surface area contributed by atoms with E-state index in [2.05, 4.69) is 0 Å². The molecule has 0 aliphatic heterocycles. The van der Waals surface area contributed by atoms with Crippen molar-refractivity contribution in [2.75, 3.05) is 0 Å². The van der Waals surface area contributed by atoms with Gasteiger partial charge in [-0.15, -0.1) is 0 Å². The monoisotopic (exact) mass is 192 g/mol. The summed E-state index contributed by atoms with van der Waals surface area (Å²) in [7, 11) is 0. The van der Waals surface area contributed by atoms with Gasteiger partial charge < -0.3 is 10.2 Å². The van der Waals surface area contributed by atoms with Gasteiger partial charge >= 0.3 is 5.97 Å². The Bertz CT molecular complexity index is 367. The summed E-state index contributed by atoms with van der Waals surface area (Å²) in [5, 5.41) is 18.1. The van der Waals surface area contributed by atoms with Gasteiger partial charge in [0.25, 0.3) is 0 Å². The molecule has 0 radical (unpaired) electrons. The van der Waals surface area contributed by atoms with E-state index in [4.69, 9.17) is 5.11 Å². The fourth-order valence-corrected chi connectivity index (χ4v) is 1.07. The Hall–Kier alpha value is -1.77. The summed E-state index contributed by atoms with van der Waals surface area (Å²) < 4.78 is 0. The Morgan fingerprint density at radius 1 is 1.50 bits per heavy atom. The number of allylic oxidation sites excluding steroid dienone is 1. The van der Waals surface area contributed by atoms with Crippen LogP contribution in [0.1, 0.15) is 29.3 Å². The predicted octanol–water partition coefficient (Wildman–Crippen LogP) is 2.51. The van der Waals surface area contributed by atoms with Crippen molar-refractivity contribution in [1.82, 2.24) is 0 Å². The van der Waals surface area contributed by atoms with Gasteiger partial charge in [0.1, 0.15) is 5.75 Å². The molecule has 1 aromatic rings. The Morgan fingerprint density at radius 2 is 2.21 bits per heavy atom.